The number of aliphatic hydroxyl groups is 2. The van der Waals surface area contributed by atoms with Crippen LogP contribution in [-0.4, -0.2) is 45.9 Å². The van der Waals surface area contributed by atoms with E-state index in [1.165, 1.54) is 51.5 Å². The van der Waals surface area contributed by atoms with Crippen LogP contribution in [0.25, 0.3) is 0 Å². The van der Waals surface area contributed by atoms with Crippen LogP contribution in [-0.2, 0) is 0 Å². The summed E-state index contributed by atoms with van der Waals surface area (Å²) in [4.78, 5) is 2.59. The van der Waals surface area contributed by atoms with E-state index in [0.717, 1.165) is 19.3 Å². The Hall–Kier alpha value is -0.640. The van der Waals surface area contributed by atoms with E-state index in [2.05, 4.69) is 58.6 Å². The molecule has 1 fully saturated rings. The molecule has 2 aliphatic carbocycles. The number of aliphatic hydroxyl groups excluding tert-OH is 2. The third-order valence-corrected chi connectivity index (χ3v) is 7.94. The van der Waals surface area contributed by atoms with Crippen molar-refractivity contribution in [2.75, 3.05) is 6.54 Å². The maximum atomic E-state index is 10.6. The monoisotopic (exact) mass is 447 g/mol. The first-order valence-electron chi connectivity index (χ1n) is 13.7. The zero-order valence-electron chi connectivity index (χ0n) is 22.0. The van der Waals surface area contributed by atoms with Crippen molar-refractivity contribution in [3.05, 3.63) is 23.8 Å². The maximum absolute atomic E-state index is 10.6. The molecule has 2 rings (SSSR count). The highest BCUT2D eigenvalue weighted by Crippen LogP contribution is 2.48. The lowest BCUT2D eigenvalue weighted by atomic mass is 9.88. The molecule has 1 saturated carbocycles. The van der Waals surface area contributed by atoms with E-state index in [4.69, 9.17) is 0 Å². The van der Waals surface area contributed by atoms with Gasteiger partial charge in [0.15, 0.2) is 0 Å². The minimum Gasteiger partial charge on any atom is -0.392 e. The Balaban J connectivity index is 1.73. The summed E-state index contributed by atoms with van der Waals surface area (Å²) in [6, 6.07) is 1.25. The van der Waals surface area contributed by atoms with Crippen molar-refractivity contribution in [1.82, 2.24) is 4.90 Å². The zero-order chi connectivity index (χ0) is 23.7. The van der Waals surface area contributed by atoms with Gasteiger partial charge < -0.3 is 10.2 Å². The largest absolute Gasteiger partial charge is 0.392 e. The number of rotatable bonds is 15. The van der Waals surface area contributed by atoms with Gasteiger partial charge in [-0.25, -0.2) is 0 Å². The van der Waals surface area contributed by atoms with Crippen LogP contribution in [0, 0.1) is 23.7 Å². The highest BCUT2D eigenvalue weighted by Gasteiger charge is 2.43. The van der Waals surface area contributed by atoms with E-state index in [-0.39, 0.29) is 18.1 Å². The topological polar surface area (TPSA) is 43.7 Å². The second-order valence-corrected chi connectivity index (χ2v) is 11.4. The Kier molecular flexibility index (Phi) is 12.0. The Morgan fingerprint density at radius 2 is 1.78 bits per heavy atom. The highest BCUT2D eigenvalue weighted by atomic mass is 16.3. The minimum atomic E-state index is -0.377. The zero-order valence-corrected chi connectivity index (χ0v) is 22.0. The smallest absolute Gasteiger partial charge is 0.0723 e. The molecule has 0 aliphatic heterocycles. The van der Waals surface area contributed by atoms with Crippen LogP contribution in [0.2, 0.25) is 0 Å². The van der Waals surface area contributed by atoms with Crippen molar-refractivity contribution in [2.24, 2.45) is 23.7 Å². The lowest BCUT2D eigenvalue weighted by Crippen LogP contribution is -2.37. The van der Waals surface area contributed by atoms with Crippen molar-refractivity contribution in [3.8, 4) is 0 Å². The Bertz CT molecular complexity index is 574. The molecule has 0 saturated heterocycles. The number of nitrogens with zero attached hydrogens (tertiary/aromatic N) is 1. The molecule has 0 amide bonds. The Labute approximate surface area is 199 Å². The molecule has 3 heteroatoms. The third-order valence-electron chi connectivity index (χ3n) is 7.94. The van der Waals surface area contributed by atoms with Crippen molar-refractivity contribution >= 4 is 0 Å². The van der Waals surface area contributed by atoms with Crippen molar-refractivity contribution in [3.63, 3.8) is 0 Å². The van der Waals surface area contributed by atoms with Gasteiger partial charge in [0, 0.05) is 18.0 Å². The van der Waals surface area contributed by atoms with Gasteiger partial charge in [-0.05, 0) is 90.5 Å². The molecule has 2 aliphatic rings. The average Bonchev–Trinajstić information content (AvgIpc) is 3.23. The standard InChI is InChI=1S/C29H53NO2/c1-7-8-12-23(6)17-26(31)14-15-27-28-19-24(18-25(28)20-29(27)32)13-10-9-11-16-30(21(2)3)22(4)5/h14-15,18,21-23,25-29,31-32H,7-13,16-17,19-20H2,1-6H3/b15-14+/t23-,25+,26-,27-,28+,29-/m1/s1. The fraction of sp³-hybridized carbons (Fsp3) is 0.862. The van der Waals surface area contributed by atoms with Crippen LogP contribution >= 0.6 is 0 Å². The van der Waals surface area contributed by atoms with Gasteiger partial charge in [0.2, 0.25) is 0 Å². The molecule has 0 heterocycles. The van der Waals surface area contributed by atoms with Crippen LogP contribution in [0.15, 0.2) is 23.8 Å². The van der Waals surface area contributed by atoms with Crippen molar-refractivity contribution in [1.29, 1.82) is 0 Å². The highest BCUT2D eigenvalue weighted by molar-refractivity contribution is 5.21. The maximum Gasteiger partial charge on any atom is 0.0723 e. The molecule has 0 spiro atoms. The van der Waals surface area contributed by atoms with Crippen LogP contribution < -0.4 is 0 Å². The fourth-order valence-electron chi connectivity index (χ4n) is 6.14. The van der Waals surface area contributed by atoms with E-state index in [9.17, 15) is 10.2 Å². The predicted octanol–water partition coefficient (Wildman–Crippen LogP) is 6.74. The second-order valence-electron chi connectivity index (χ2n) is 11.4. The summed E-state index contributed by atoms with van der Waals surface area (Å²) in [5.41, 5.74) is 1.61. The summed E-state index contributed by atoms with van der Waals surface area (Å²) in [6.45, 7) is 14.9. The first-order chi connectivity index (χ1) is 15.2. The summed E-state index contributed by atoms with van der Waals surface area (Å²) < 4.78 is 0. The molecular formula is C29H53NO2. The molecule has 3 nitrogen and oxygen atoms in total. The molecule has 0 radical (unpaired) electrons. The second kappa shape index (κ2) is 13.9. The molecular weight excluding hydrogens is 394 g/mol. The predicted molar refractivity (Wildman–Crippen MR) is 138 cm³/mol. The summed E-state index contributed by atoms with van der Waals surface area (Å²) in [6.07, 6.45) is 17.6. The Morgan fingerprint density at radius 3 is 2.44 bits per heavy atom. The lowest BCUT2D eigenvalue weighted by Gasteiger charge is -2.30. The van der Waals surface area contributed by atoms with Gasteiger partial charge in [-0.1, -0.05) is 63.3 Å². The van der Waals surface area contributed by atoms with E-state index < -0.39 is 0 Å². The summed E-state index contributed by atoms with van der Waals surface area (Å²) in [5, 5.41) is 21.1. The van der Waals surface area contributed by atoms with E-state index in [0.29, 0.717) is 29.8 Å². The molecule has 0 aromatic carbocycles. The Morgan fingerprint density at radius 1 is 1.06 bits per heavy atom. The van der Waals surface area contributed by atoms with Crippen LogP contribution in [0.1, 0.15) is 106 Å². The molecule has 6 atom stereocenters. The number of fused-ring (bicyclic) bond motifs is 1. The number of hydrogen-bond acceptors (Lipinski definition) is 3. The lowest BCUT2D eigenvalue weighted by molar-refractivity contribution is 0.139. The fourth-order valence-corrected chi connectivity index (χ4v) is 6.14. The minimum absolute atomic E-state index is 0.208. The quantitative estimate of drug-likeness (QED) is 0.216. The summed E-state index contributed by atoms with van der Waals surface area (Å²) >= 11 is 0. The molecule has 0 aromatic rings. The van der Waals surface area contributed by atoms with Crippen LogP contribution in [0.4, 0.5) is 0 Å². The average molecular weight is 448 g/mol. The van der Waals surface area contributed by atoms with Gasteiger partial charge in [-0.3, -0.25) is 4.90 Å². The first kappa shape index (κ1) is 27.6. The molecule has 0 unspecified atom stereocenters. The van der Waals surface area contributed by atoms with Gasteiger partial charge >= 0.3 is 0 Å². The van der Waals surface area contributed by atoms with E-state index >= 15 is 0 Å². The van der Waals surface area contributed by atoms with Crippen LogP contribution in [0.5, 0.6) is 0 Å². The first-order valence-corrected chi connectivity index (χ1v) is 13.7. The van der Waals surface area contributed by atoms with Crippen molar-refractivity contribution in [2.45, 2.75) is 130 Å². The summed E-state index contributed by atoms with van der Waals surface area (Å²) in [5.74, 6) is 1.84. The van der Waals surface area contributed by atoms with Gasteiger partial charge in [0.1, 0.15) is 0 Å². The van der Waals surface area contributed by atoms with Gasteiger partial charge in [-0.15, -0.1) is 0 Å². The van der Waals surface area contributed by atoms with Gasteiger partial charge in [-0.2, -0.15) is 0 Å². The third kappa shape index (κ3) is 8.61. The van der Waals surface area contributed by atoms with Gasteiger partial charge in [0.25, 0.3) is 0 Å². The van der Waals surface area contributed by atoms with E-state index in [1.54, 1.807) is 5.57 Å². The van der Waals surface area contributed by atoms with Gasteiger partial charge in [0.05, 0.1) is 12.2 Å². The molecule has 0 aromatic heterocycles. The number of unbranched alkanes of at least 4 members (excludes halogenated alkanes) is 3. The molecule has 32 heavy (non-hydrogen) atoms. The van der Waals surface area contributed by atoms with Crippen LogP contribution in [0.3, 0.4) is 0 Å². The normalized spacial score (nSPS) is 27.7. The molecule has 186 valence electrons. The SMILES string of the molecule is CCCC[C@@H](C)C[C@H](O)/C=C/[C@@H]1[C@H]2CC(CCCCCN(C(C)C)C(C)C)=C[C@H]2C[C@H]1O. The van der Waals surface area contributed by atoms with Crippen molar-refractivity contribution < 1.29 is 10.2 Å². The summed E-state index contributed by atoms with van der Waals surface area (Å²) in [7, 11) is 0. The molecule has 0 bridgehead atoms. The number of hydrogen-bond donors (Lipinski definition) is 2. The van der Waals surface area contributed by atoms with E-state index in [1.807, 2.05) is 6.08 Å². The number of allylic oxidation sites excluding steroid dienone is 2. The molecule has 2 N–H and O–H groups in total.